The molecule has 9 heteroatoms. The number of aryl methyl sites for hydroxylation is 1. The molecule has 3 atom stereocenters. The molecule has 1 aliphatic heterocycles. The Labute approximate surface area is 191 Å². The van der Waals surface area contributed by atoms with Gasteiger partial charge in [-0.1, -0.05) is 6.07 Å². The number of benzene rings is 1. The summed E-state index contributed by atoms with van der Waals surface area (Å²) in [6.45, 7) is 8.03. The molecule has 3 aromatic heterocycles. The van der Waals surface area contributed by atoms with Crippen LogP contribution in [0.25, 0.3) is 16.7 Å². The Morgan fingerprint density at radius 3 is 2.59 bits per heavy atom. The molecule has 0 amide bonds. The van der Waals surface area contributed by atoms with Crippen molar-refractivity contribution in [1.82, 2.24) is 24.7 Å². The Hall–Kier alpha value is -2.91. The minimum Gasteiger partial charge on any atom is -0.368 e. The molecule has 0 spiro atoms. The zero-order chi connectivity index (χ0) is 22.4. The predicted octanol–water partition coefficient (Wildman–Crippen LogP) is 3.95. The van der Waals surface area contributed by atoms with E-state index in [1.807, 2.05) is 19.2 Å². The number of fused-ring (bicyclic) bond motifs is 2. The van der Waals surface area contributed by atoms with Gasteiger partial charge in [0.25, 0.3) is 0 Å². The summed E-state index contributed by atoms with van der Waals surface area (Å²) in [5.41, 5.74) is 5.27. The highest BCUT2D eigenvalue weighted by molar-refractivity contribution is 7.80. The van der Waals surface area contributed by atoms with Crippen LogP contribution in [0.1, 0.15) is 30.5 Å². The number of halogens is 1. The molecule has 1 fully saturated rings. The number of aromatic nitrogens is 4. The summed E-state index contributed by atoms with van der Waals surface area (Å²) in [5.74, 6) is -0.384. The standard InChI is InChI=1S/C23H26FN7S/c1-13-9-30(10-14(2)27-13)19-5-4-17(20-21(19)26-7-6-25-20)23(32)29-16-8-18(24)22-28-15(3)11-31(22)12-16/h4-8,11-14,23,27,29,32H,9-10H2,1-3H3/t13-,14-,23?/m0/s1. The Bertz CT molecular complexity index is 1280. The van der Waals surface area contributed by atoms with E-state index in [0.717, 1.165) is 41.1 Å². The zero-order valence-electron chi connectivity index (χ0n) is 18.2. The van der Waals surface area contributed by atoms with Gasteiger partial charge in [-0.25, -0.2) is 9.37 Å². The monoisotopic (exact) mass is 451 g/mol. The quantitative estimate of drug-likeness (QED) is 0.322. The summed E-state index contributed by atoms with van der Waals surface area (Å²) in [5, 5.41) is 6.46. The Morgan fingerprint density at radius 2 is 1.84 bits per heavy atom. The zero-order valence-corrected chi connectivity index (χ0v) is 19.1. The van der Waals surface area contributed by atoms with Gasteiger partial charge in [0.15, 0.2) is 11.5 Å². The van der Waals surface area contributed by atoms with E-state index in [1.165, 1.54) is 6.07 Å². The maximum atomic E-state index is 14.5. The Kier molecular flexibility index (Phi) is 5.38. The first-order valence-corrected chi connectivity index (χ1v) is 11.2. The number of hydrogen-bond donors (Lipinski definition) is 3. The van der Waals surface area contributed by atoms with Crippen LogP contribution in [0.4, 0.5) is 15.8 Å². The fourth-order valence-corrected chi connectivity index (χ4v) is 4.91. The number of rotatable bonds is 4. The van der Waals surface area contributed by atoms with E-state index in [-0.39, 0.29) is 5.82 Å². The van der Waals surface area contributed by atoms with E-state index in [0.29, 0.717) is 23.4 Å². The normalized spacial score (nSPS) is 20.1. The van der Waals surface area contributed by atoms with E-state index in [2.05, 4.69) is 50.4 Å². The van der Waals surface area contributed by atoms with Crippen molar-refractivity contribution in [3.8, 4) is 0 Å². The van der Waals surface area contributed by atoms with Crippen LogP contribution in [0.15, 0.2) is 43.0 Å². The number of hydrogen-bond acceptors (Lipinski definition) is 7. The van der Waals surface area contributed by atoms with Crippen LogP contribution >= 0.6 is 12.6 Å². The van der Waals surface area contributed by atoms with Crippen LogP contribution in [-0.4, -0.2) is 44.5 Å². The molecular weight excluding hydrogens is 425 g/mol. The summed E-state index contributed by atoms with van der Waals surface area (Å²) in [4.78, 5) is 15.9. The van der Waals surface area contributed by atoms with Crippen LogP contribution < -0.4 is 15.5 Å². The van der Waals surface area contributed by atoms with E-state index >= 15 is 0 Å². The number of nitrogens with zero attached hydrogens (tertiary/aromatic N) is 5. The fourth-order valence-electron chi connectivity index (χ4n) is 4.56. The van der Waals surface area contributed by atoms with Crippen molar-refractivity contribution in [3.63, 3.8) is 0 Å². The molecule has 7 nitrogen and oxygen atoms in total. The van der Waals surface area contributed by atoms with E-state index in [9.17, 15) is 4.39 Å². The highest BCUT2D eigenvalue weighted by atomic mass is 32.1. The van der Waals surface area contributed by atoms with E-state index in [4.69, 9.17) is 12.6 Å². The lowest BCUT2D eigenvalue weighted by atomic mass is 10.1. The average molecular weight is 452 g/mol. The summed E-state index contributed by atoms with van der Waals surface area (Å²) >= 11 is 4.78. The SMILES string of the molecule is Cc1cn2cc(NC(S)c3ccc(N4C[C@H](C)N[C@@H](C)C4)c4nccnc34)cc(F)c2n1. The molecule has 166 valence electrons. The van der Waals surface area contributed by atoms with Crippen LogP contribution in [0.5, 0.6) is 0 Å². The summed E-state index contributed by atoms with van der Waals surface area (Å²) in [6, 6.07) is 6.34. The predicted molar refractivity (Wildman–Crippen MR) is 129 cm³/mol. The minimum absolute atomic E-state index is 0.309. The first kappa shape index (κ1) is 21.0. The van der Waals surface area contributed by atoms with Gasteiger partial charge in [-0.05, 0) is 26.8 Å². The molecule has 2 N–H and O–H groups in total. The molecule has 1 aliphatic rings. The molecule has 4 heterocycles. The third-order valence-corrected chi connectivity index (χ3v) is 6.17. The molecule has 0 radical (unpaired) electrons. The molecule has 1 unspecified atom stereocenters. The minimum atomic E-state index is -0.398. The lowest BCUT2D eigenvalue weighted by Gasteiger charge is -2.38. The number of imidazole rings is 1. The summed E-state index contributed by atoms with van der Waals surface area (Å²) in [6.07, 6.45) is 7.02. The maximum absolute atomic E-state index is 14.5. The Morgan fingerprint density at radius 1 is 1.12 bits per heavy atom. The van der Waals surface area contributed by atoms with Gasteiger partial charge < -0.3 is 19.9 Å². The van der Waals surface area contributed by atoms with Gasteiger partial charge in [-0.3, -0.25) is 9.97 Å². The number of nitrogens with one attached hydrogen (secondary N) is 2. The summed E-state index contributed by atoms with van der Waals surface area (Å²) in [7, 11) is 0. The van der Waals surface area contributed by atoms with Gasteiger partial charge in [-0.15, -0.1) is 12.6 Å². The lowest BCUT2D eigenvalue weighted by molar-refractivity contribution is 0.407. The van der Waals surface area contributed by atoms with E-state index in [1.54, 1.807) is 23.0 Å². The van der Waals surface area contributed by atoms with Crippen LogP contribution in [-0.2, 0) is 0 Å². The van der Waals surface area contributed by atoms with Crippen molar-refractivity contribution in [3.05, 3.63) is 60.1 Å². The van der Waals surface area contributed by atoms with Gasteiger partial charge in [-0.2, -0.15) is 0 Å². The third-order valence-electron chi connectivity index (χ3n) is 5.76. The van der Waals surface area contributed by atoms with Gasteiger partial charge in [0.05, 0.1) is 28.0 Å². The molecular formula is C23H26FN7S. The number of thiol groups is 1. The molecule has 4 aromatic rings. The molecule has 5 rings (SSSR count). The van der Waals surface area contributed by atoms with Crippen molar-refractivity contribution in [2.75, 3.05) is 23.3 Å². The molecule has 0 aliphatic carbocycles. The van der Waals surface area contributed by atoms with Crippen molar-refractivity contribution in [2.24, 2.45) is 0 Å². The highest BCUT2D eigenvalue weighted by Crippen LogP contribution is 2.33. The van der Waals surface area contributed by atoms with Crippen molar-refractivity contribution >= 4 is 40.7 Å². The maximum Gasteiger partial charge on any atom is 0.173 e. The lowest BCUT2D eigenvalue weighted by Crippen LogP contribution is -2.54. The van der Waals surface area contributed by atoms with Crippen LogP contribution in [0.3, 0.4) is 0 Å². The smallest absolute Gasteiger partial charge is 0.173 e. The molecule has 1 saturated heterocycles. The molecule has 32 heavy (non-hydrogen) atoms. The van der Waals surface area contributed by atoms with Gasteiger partial charge in [0.2, 0.25) is 0 Å². The number of piperazine rings is 1. The van der Waals surface area contributed by atoms with Gasteiger partial charge in [0, 0.05) is 61.6 Å². The number of pyridine rings is 1. The van der Waals surface area contributed by atoms with Gasteiger partial charge >= 0.3 is 0 Å². The summed E-state index contributed by atoms with van der Waals surface area (Å²) < 4.78 is 16.2. The first-order valence-electron chi connectivity index (χ1n) is 10.7. The highest BCUT2D eigenvalue weighted by Gasteiger charge is 2.24. The van der Waals surface area contributed by atoms with Crippen molar-refractivity contribution < 1.29 is 4.39 Å². The first-order chi connectivity index (χ1) is 15.4. The number of anilines is 2. The molecule has 0 saturated carbocycles. The van der Waals surface area contributed by atoms with Crippen LogP contribution in [0.2, 0.25) is 0 Å². The Balaban J connectivity index is 1.49. The van der Waals surface area contributed by atoms with Crippen LogP contribution in [0, 0.1) is 12.7 Å². The largest absolute Gasteiger partial charge is 0.368 e. The van der Waals surface area contributed by atoms with E-state index < -0.39 is 5.37 Å². The average Bonchev–Trinajstić information content (AvgIpc) is 3.13. The molecule has 0 bridgehead atoms. The second-order valence-electron chi connectivity index (χ2n) is 8.54. The fraction of sp³-hybridized carbons (Fsp3) is 0.348. The topological polar surface area (TPSA) is 70.4 Å². The molecule has 1 aromatic carbocycles. The van der Waals surface area contributed by atoms with Gasteiger partial charge in [0.1, 0.15) is 5.52 Å². The van der Waals surface area contributed by atoms with Crippen molar-refractivity contribution in [1.29, 1.82) is 0 Å². The second kappa shape index (κ2) is 8.22. The second-order valence-corrected chi connectivity index (χ2v) is 9.05. The third kappa shape index (κ3) is 3.86. The van der Waals surface area contributed by atoms with Crippen molar-refractivity contribution in [2.45, 2.75) is 38.2 Å².